The maximum absolute atomic E-state index is 11.7. The fourth-order valence-electron chi connectivity index (χ4n) is 2.44. The average molecular weight is 304 g/mol. The Labute approximate surface area is 131 Å². The van der Waals surface area contributed by atoms with Crippen LogP contribution in [0.4, 0.5) is 0 Å². The van der Waals surface area contributed by atoms with Gasteiger partial charge in [-0.05, 0) is 17.9 Å². The van der Waals surface area contributed by atoms with Gasteiger partial charge in [-0.1, -0.05) is 44.2 Å². The van der Waals surface area contributed by atoms with E-state index in [2.05, 4.69) is 18.8 Å². The monoisotopic (exact) mass is 304 g/mol. The van der Waals surface area contributed by atoms with Gasteiger partial charge in [0.05, 0.1) is 19.3 Å². The van der Waals surface area contributed by atoms with Crippen LogP contribution in [-0.2, 0) is 20.9 Å². The van der Waals surface area contributed by atoms with Gasteiger partial charge in [-0.15, -0.1) is 0 Å². The van der Waals surface area contributed by atoms with Crippen molar-refractivity contribution >= 4 is 11.8 Å². The molecule has 0 radical (unpaired) electrons. The molecule has 120 valence electrons. The molecule has 0 bridgehead atoms. The Morgan fingerprint density at radius 2 is 2.09 bits per heavy atom. The maximum atomic E-state index is 11.7. The minimum atomic E-state index is -0.509. The van der Waals surface area contributed by atoms with Gasteiger partial charge >= 0.3 is 0 Å². The minimum Gasteiger partial charge on any atom is -0.478 e. The molecule has 1 aliphatic heterocycles. The molecular formula is C17H24N2O3. The fourth-order valence-corrected chi connectivity index (χ4v) is 2.44. The molecule has 5 heteroatoms. The molecule has 2 unspecified atom stereocenters. The number of nitrogens with zero attached hydrogens (tertiary/aromatic N) is 1. The number of ether oxygens (including phenoxy) is 2. The van der Waals surface area contributed by atoms with Crippen molar-refractivity contribution in [2.24, 2.45) is 22.6 Å². The molecule has 1 aliphatic rings. The summed E-state index contributed by atoms with van der Waals surface area (Å²) in [6.07, 6.45) is 0.420. The predicted octanol–water partition coefficient (Wildman–Crippen LogP) is 2.15. The largest absolute Gasteiger partial charge is 0.478 e. The van der Waals surface area contributed by atoms with Crippen molar-refractivity contribution in [1.29, 1.82) is 0 Å². The molecule has 0 spiro atoms. The van der Waals surface area contributed by atoms with E-state index in [1.54, 1.807) is 0 Å². The highest BCUT2D eigenvalue weighted by molar-refractivity contribution is 6.00. The highest BCUT2D eigenvalue weighted by Gasteiger charge is 2.30. The third kappa shape index (κ3) is 4.56. The number of carbonyl (C=O) groups is 1. The molecule has 1 aromatic rings. The molecule has 1 amide bonds. The number of hydrogen-bond acceptors (Lipinski definition) is 4. The third-order valence-electron chi connectivity index (χ3n) is 3.77. The third-order valence-corrected chi connectivity index (χ3v) is 3.77. The first-order valence-corrected chi connectivity index (χ1v) is 7.70. The Balaban J connectivity index is 1.99. The topological polar surface area (TPSA) is 73.9 Å². The van der Waals surface area contributed by atoms with Crippen LogP contribution in [0, 0.1) is 11.8 Å². The van der Waals surface area contributed by atoms with Gasteiger partial charge in [-0.3, -0.25) is 9.79 Å². The van der Waals surface area contributed by atoms with Crippen molar-refractivity contribution in [1.82, 2.24) is 0 Å². The quantitative estimate of drug-likeness (QED) is 0.799. The summed E-state index contributed by atoms with van der Waals surface area (Å²) in [5.74, 6) is -0.186. The Hall–Kier alpha value is -1.88. The predicted molar refractivity (Wildman–Crippen MR) is 85.4 cm³/mol. The number of benzene rings is 1. The summed E-state index contributed by atoms with van der Waals surface area (Å²) in [5, 5.41) is 0. The van der Waals surface area contributed by atoms with E-state index in [-0.39, 0.29) is 12.0 Å². The van der Waals surface area contributed by atoms with Crippen molar-refractivity contribution in [3.05, 3.63) is 35.9 Å². The minimum absolute atomic E-state index is 0.0791. The molecule has 1 aromatic carbocycles. The van der Waals surface area contributed by atoms with Gasteiger partial charge < -0.3 is 15.2 Å². The number of amides is 1. The smallest absolute Gasteiger partial charge is 0.229 e. The molecule has 2 N–H and O–H groups in total. The molecule has 2 atom stereocenters. The highest BCUT2D eigenvalue weighted by Crippen LogP contribution is 2.21. The molecule has 0 fully saturated rings. The molecule has 0 aliphatic carbocycles. The number of carbonyl (C=O) groups excluding carboxylic acids is 1. The average Bonchev–Trinajstić information content (AvgIpc) is 3.01. The Morgan fingerprint density at radius 3 is 2.64 bits per heavy atom. The van der Waals surface area contributed by atoms with E-state index in [9.17, 15) is 4.79 Å². The van der Waals surface area contributed by atoms with Crippen molar-refractivity contribution in [3.63, 3.8) is 0 Å². The summed E-state index contributed by atoms with van der Waals surface area (Å²) in [6.45, 7) is 5.78. The Kier molecular flexibility index (Phi) is 5.95. The molecule has 2 rings (SSSR count). The molecule has 5 nitrogen and oxygen atoms in total. The fraction of sp³-hybridized carbons (Fsp3) is 0.529. The Bertz CT molecular complexity index is 514. The van der Waals surface area contributed by atoms with E-state index < -0.39 is 11.8 Å². The number of rotatable bonds is 8. The summed E-state index contributed by atoms with van der Waals surface area (Å²) >= 11 is 0. The standard InChI is InChI=1S/C17H24N2O3/c1-12(2)15(22-11-13-6-4-3-5-7-13)10-14(16(18)20)17-19-8-9-21-17/h3-7,12,14-15H,8-11H2,1-2H3,(H2,18,20). The second-order valence-electron chi connectivity index (χ2n) is 5.84. The Morgan fingerprint density at radius 1 is 1.36 bits per heavy atom. The molecule has 0 aromatic heterocycles. The van der Waals surface area contributed by atoms with Crippen LogP contribution in [0.1, 0.15) is 25.8 Å². The van der Waals surface area contributed by atoms with Crippen LogP contribution in [-0.4, -0.2) is 31.1 Å². The summed E-state index contributed by atoms with van der Waals surface area (Å²) < 4.78 is 11.4. The normalized spacial score (nSPS) is 17.0. The lowest BCUT2D eigenvalue weighted by Crippen LogP contribution is -2.36. The first kappa shape index (κ1) is 16.5. The van der Waals surface area contributed by atoms with Crippen LogP contribution in [0.15, 0.2) is 35.3 Å². The van der Waals surface area contributed by atoms with Crippen LogP contribution in [0.2, 0.25) is 0 Å². The van der Waals surface area contributed by atoms with Crippen molar-refractivity contribution in [2.45, 2.75) is 33.0 Å². The number of nitrogens with two attached hydrogens (primary N) is 1. The number of hydrogen-bond donors (Lipinski definition) is 1. The van der Waals surface area contributed by atoms with Crippen molar-refractivity contribution in [3.8, 4) is 0 Å². The summed E-state index contributed by atoms with van der Waals surface area (Å²) in [5.41, 5.74) is 6.63. The van der Waals surface area contributed by atoms with Crippen LogP contribution in [0.3, 0.4) is 0 Å². The second kappa shape index (κ2) is 7.94. The lowest BCUT2D eigenvalue weighted by Gasteiger charge is -2.25. The van der Waals surface area contributed by atoms with Crippen LogP contribution in [0.25, 0.3) is 0 Å². The van der Waals surface area contributed by atoms with Gasteiger partial charge in [0.2, 0.25) is 5.91 Å². The van der Waals surface area contributed by atoms with Crippen LogP contribution >= 0.6 is 0 Å². The first-order valence-electron chi connectivity index (χ1n) is 7.70. The van der Waals surface area contributed by atoms with E-state index in [1.165, 1.54) is 0 Å². The molecule has 0 saturated heterocycles. The zero-order chi connectivity index (χ0) is 15.9. The van der Waals surface area contributed by atoms with Gasteiger partial charge in [0.1, 0.15) is 12.5 Å². The highest BCUT2D eigenvalue weighted by atomic mass is 16.5. The lowest BCUT2D eigenvalue weighted by atomic mass is 9.94. The van der Waals surface area contributed by atoms with E-state index >= 15 is 0 Å². The van der Waals surface area contributed by atoms with Crippen molar-refractivity contribution < 1.29 is 14.3 Å². The first-order chi connectivity index (χ1) is 10.6. The van der Waals surface area contributed by atoms with Gasteiger partial charge in [-0.25, -0.2) is 0 Å². The van der Waals surface area contributed by atoms with Crippen LogP contribution in [0.5, 0.6) is 0 Å². The van der Waals surface area contributed by atoms with Crippen LogP contribution < -0.4 is 5.73 Å². The van der Waals surface area contributed by atoms with E-state index in [1.807, 2.05) is 30.3 Å². The van der Waals surface area contributed by atoms with Gasteiger partial charge in [0, 0.05) is 0 Å². The molecule has 1 heterocycles. The summed E-state index contributed by atoms with van der Waals surface area (Å²) in [6, 6.07) is 9.98. The maximum Gasteiger partial charge on any atom is 0.229 e. The number of aliphatic imine (C=N–C) groups is 1. The number of primary amides is 1. The van der Waals surface area contributed by atoms with E-state index in [0.717, 1.165) is 5.56 Å². The van der Waals surface area contributed by atoms with Gasteiger partial charge in [-0.2, -0.15) is 0 Å². The second-order valence-corrected chi connectivity index (χ2v) is 5.84. The van der Waals surface area contributed by atoms with Gasteiger partial charge in [0.25, 0.3) is 0 Å². The lowest BCUT2D eigenvalue weighted by molar-refractivity contribution is -0.121. The summed E-state index contributed by atoms with van der Waals surface area (Å²) in [7, 11) is 0. The SMILES string of the molecule is CC(C)C(CC(C(N)=O)C1=NCCO1)OCc1ccccc1. The van der Waals surface area contributed by atoms with Gasteiger partial charge in [0.15, 0.2) is 5.90 Å². The zero-order valence-corrected chi connectivity index (χ0v) is 13.2. The molecule has 22 heavy (non-hydrogen) atoms. The zero-order valence-electron chi connectivity index (χ0n) is 13.2. The van der Waals surface area contributed by atoms with E-state index in [0.29, 0.717) is 32.1 Å². The van der Waals surface area contributed by atoms with E-state index in [4.69, 9.17) is 15.2 Å². The molecule has 0 saturated carbocycles. The van der Waals surface area contributed by atoms with Crippen molar-refractivity contribution in [2.75, 3.05) is 13.2 Å². The molecular weight excluding hydrogens is 280 g/mol. The summed E-state index contributed by atoms with van der Waals surface area (Å²) in [4.78, 5) is 16.0.